The van der Waals surface area contributed by atoms with Gasteiger partial charge in [-0.2, -0.15) is 23.4 Å². The van der Waals surface area contributed by atoms with Gasteiger partial charge in [0.1, 0.15) is 17.6 Å². The molecule has 2 bridgehead atoms. The van der Waals surface area contributed by atoms with Crippen LogP contribution in [-0.4, -0.2) is 44.1 Å². The van der Waals surface area contributed by atoms with Crippen molar-refractivity contribution in [1.82, 2.24) is 15.1 Å². The number of carbonyl (C=O) groups is 1. The lowest BCUT2D eigenvalue weighted by molar-refractivity contribution is -0.233. The first-order chi connectivity index (χ1) is 21.6. The Morgan fingerprint density at radius 1 is 1.04 bits per heavy atom. The first-order valence-corrected chi connectivity index (χ1v) is 15.7. The lowest BCUT2D eigenvalue weighted by Crippen LogP contribution is -2.65. The highest BCUT2D eigenvalue weighted by Gasteiger charge is 2.65. The Morgan fingerprint density at radius 3 is 2.22 bits per heavy atom. The van der Waals surface area contributed by atoms with Gasteiger partial charge in [-0.15, -0.1) is 0 Å². The van der Waals surface area contributed by atoms with E-state index < -0.39 is 40.2 Å². The Bertz CT molecular complexity index is 1630. The number of pyridine rings is 1. The number of nitriles is 1. The third-order valence-electron chi connectivity index (χ3n) is 10.4. The summed E-state index contributed by atoms with van der Waals surface area (Å²) in [7, 11) is 0. The van der Waals surface area contributed by atoms with E-state index in [2.05, 4.69) is 16.2 Å². The Labute approximate surface area is 265 Å². The van der Waals surface area contributed by atoms with Crippen LogP contribution in [0, 0.1) is 22.2 Å². The summed E-state index contributed by atoms with van der Waals surface area (Å²) in [5, 5.41) is 24.1. The number of ether oxygens (including phenoxy) is 1. The molecule has 1 unspecified atom stereocenters. The van der Waals surface area contributed by atoms with Crippen molar-refractivity contribution >= 4 is 11.9 Å². The van der Waals surface area contributed by atoms with Gasteiger partial charge < -0.3 is 14.4 Å². The Balaban J connectivity index is 1.34. The second-order valence-electron chi connectivity index (χ2n) is 14.3. The predicted octanol–water partition coefficient (Wildman–Crippen LogP) is 8.42. The summed E-state index contributed by atoms with van der Waals surface area (Å²) in [6.45, 7) is 5.49. The van der Waals surface area contributed by atoms with Gasteiger partial charge >= 0.3 is 12.3 Å². The van der Waals surface area contributed by atoms with E-state index in [-0.39, 0.29) is 5.82 Å². The van der Waals surface area contributed by atoms with Crippen LogP contribution < -0.4 is 9.64 Å². The minimum Gasteiger partial charge on any atom is -0.473 e. The maximum absolute atomic E-state index is 14.9. The number of carboxylic acid groups (broad SMARTS) is 1. The smallest absolute Gasteiger partial charge is 0.413 e. The second-order valence-corrected chi connectivity index (χ2v) is 14.3. The van der Waals surface area contributed by atoms with Gasteiger partial charge in [0.15, 0.2) is 11.4 Å². The van der Waals surface area contributed by atoms with Crippen molar-refractivity contribution in [2.24, 2.45) is 10.8 Å². The number of aromatic nitrogens is 3. The number of amides is 1. The molecule has 9 nitrogen and oxygen atoms in total. The minimum atomic E-state index is -4.69. The topological polar surface area (TPSA) is 125 Å². The molecule has 2 aromatic heterocycles. The molecule has 0 aliphatic heterocycles. The quantitative estimate of drug-likeness (QED) is 0.248. The molecule has 4 fully saturated rings. The highest BCUT2D eigenvalue weighted by molar-refractivity contribution is 5.87. The number of fused-ring (bicyclic) bond motifs is 3. The fourth-order valence-electron chi connectivity index (χ4n) is 7.52. The highest BCUT2D eigenvalue weighted by atomic mass is 19.4. The van der Waals surface area contributed by atoms with Crippen molar-refractivity contribution in [3.63, 3.8) is 0 Å². The van der Waals surface area contributed by atoms with Gasteiger partial charge in [-0.3, -0.25) is 4.90 Å². The van der Waals surface area contributed by atoms with Crippen molar-refractivity contribution in [1.29, 1.82) is 5.26 Å². The number of benzene rings is 1. The second kappa shape index (κ2) is 11.0. The van der Waals surface area contributed by atoms with Gasteiger partial charge in [0.2, 0.25) is 5.89 Å². The van der Waals surface area contributed by atoms with Crippen LogP contribution in [0.2, 0.25) is 0 Å². The Kier molecular flexibility index (Phi) is 7.60. The number of hydrogen-bond acceptors (Lipinski definition) is 7. The van der Waals surface area contributed by atoms with Gasteiger partial charge in [0.25, 0.3) is 0 Å². The van der Waals surface area contributed by atoms with E-state index in [1.54, 1.807) is 44.2 Å². The number of hydrogen-bond donors (Lipinski definition) is 1. The van der Waals surface area contributed by atoms with E-state index in [4.69, 9.17) is 14.2 Å². The van der Waals surface area contributed by atoms with Crippen molar-refractivity contribution in [2.45, 2.75) is 108 Å². The van der Waals surface area contributed by atoms with Crippen LogP contribution >= 0.6 is 0 Å². The molecule has 4 aliphatic carbocycles. The van der Waals surface area contributed by atoms with E-state index in [1.165, 1.54) is 12.3 Å². The van der Waals surface area contributed by atoms with Crippen molar-refractivity contribution in [2.75, 3.05) is 4.90 Å². The summed E-state index contributed by atoms with van der Waals surface area (Å²) in [5.74, 6) is 2.00. The molecule has 7 rings (SSSR count). The van der Waals surface area contributed by atoms with Crippen molar-refractivity contribution in [3.05, 3.63) is 54.3 Å². The van der Waals surface area contributed by atoms with Gasteiger partial charge in [0.05, 0.1) is 11.5 Å². The molecule has 4 saturated carbocycles. The molecule has 3 aromatic rings. The normalized spacial score (nSPS) is 23.9. The van der Waals surface area contributed by atoms with Crippen LogP contribution in [0.3, 0.4) is 0 Å². The maximum atomic E-state index is 14.9. The zero-order chi connectivity index (χ0) is 33.1. The van der Waals surface area contributed by atoms with Crippen LogP contribution in [0.1, 0.15) is 96.7 Å². The summed E-state index contributed by atoms with van der Waals surface area (Å²) in [6.07, 6.45) is 0.102. The van der Waals surface area contributed by atoms with Gasteiger partial charge in [-0.1, -0.05) is 17.3 Å². The summed E-state index contributed by atoms with van der Waals surface area (Å²) >= 11 is 0. The summed E-state index contributed by atoms with van der Waals surface area (Å²) in [5.41, 5.74) is -3.50. The highest BCUT2D eigenvalue weighted by Crippen LogP contribution is 2.64. The maximum Gasteiger partial charge on any atom is 0.413 e. The molecule has 2 heterocycles. The fraction of sp³-hybridized carbons (Fsp3) is 0.559. The molecule has 1 aromatic carbocycles. The third-order valence-corrected chi connectivity index (χ3v) is 10.4. The number of halogens is 3. The molecule has 4 aliphatic rings. The van der Waals surface area contributed by atoms with Gasteiger partial charge in [0, 0.05) is 17.5 Å². The molecule has 244 valence electrons. The molecular weight excluding hydrogens is 599 g/mol. The molecule has 46 heavy (non-hydrogen) atoms. The first-order valence-electron chi connectivity index (χ1n) is 15.7. The number of anilines is 1. The first kappa shape index (κ1) is 31.8. The largest absolute Gasteiger partial charge is 0.473 e. The lowest BCUT2D eigenvalue weighted by atomic mass is 9.48. The van der Waals surface area contributed by atoms with E-state index in [0.29, 0.717) is 73.0 Å². The summed E-state index contributed by atoms with van der Waals surface area (Å²) < 4.78 is 56.2. The molecule has 1 N–H and O–H groups in total. The fourth-order valence-corrected chi connectivity index (χ4v) is 7.52. The zero-order valence-electron chi connectivity index (χ0n) is 26.4. The predicted molar refractivity (Wildman–Crippen MR) is 162 cm³/mol. The third kappa shape index (κ3) is 5.58. The average molecular weight is 638 g/mol. The van der Waals surface area contributed by atoms with Gasteiger partial charge in [-0.25, -0.2) is 9.78 Å². The molecule has 0 spiro atoms. The van der Waals surface area contributed by atoms with Crippen LogP contribution in [0.5, 0.6) is 5.75 Å². The molecule has 0 saturated heterocycles. The number of nitrogens with zero attached hydrogens (tertiary/aromatic N) is 5. The average Bonchev–Trinajstić information content (AvgIpc) is 3.75. The Morgan fingerprint density at radius 2 is 1.67 bits per heavy atom. The van der Waals surface area contributed by atoms with Crippen LogP contribution in [0.15, 0.2) is 47.1 Å². The van der Waals surface area contributed by atoms with Crippen LogP contribution in [0.4, 0.5) is 23.8 Å². The summed E-state index contributed by atoms with van der Waals surface area (Å²) in [6, 6.07) is 10.7. The van der Waals surface area contributed by atoms with E-state index in [1.807, 2.05) is 0 Å². The van der Waals surface area contributed by atoms with E-state index in [9.17, 15) is 28.3 Å². The standard InChI is InChI=1S/C34H38F3N5O4/c1-30(2,20-38)45-24-9-7-21(8-10-24)23-11-18-39-25(19-23)42(29(43)44)27(31(3,4)34(35,36)37)32-12-15-33(16-13-32,17-14-32)28-40-26(41-46-28)22-5-6-22/h7-11,18-19,22,27H,5-6,12-17H2,1-4H3,(H,43,44). The monoisotopic (exact) mass is 637 g/mol. The molecule has 1 amide bonds. The lowest BCUT2D eigenvalue weighted by Gasteiger charge is -2.59. The summed E-state index contributed by atoms with van der Waals surface area (Å²) in [4.78, 5) is 23.0. The van der Waals surface area contributed by atoms with E-state index >= 15 is 0 Å². The SMILES string of the molecule is CC(C)(C#N)Oc1ccc(-c2ccnc(N(C(=O)O)C(C34CCC(c5nc(C6CC6)no5)(CC3)CC4)C(C)(C)C(F)(F)F)c2)cc1. The molecule has 0 radical (unpaired) electrons. The number of rotatable bonds is 9. The molecule has 1 atom stereocenters. The van der Waals surface area contributed by atoms with Crippen molar-refractivity contribution < 1.29 is 32.3 Å². The Hall–Kier alpha value is -4.14. The molecular formula is C34H38F3N5O4. The number of alkyl halides is 3. The zero-order valence-corrected chi connectivity index (χ0v) is 26.4. The van der Waals surface area contributed by atoms with E-state index in [0.717, 1.165) is 31.6 Å². The van der Waals surface area contributed by atoms with Crippen molar-refractivity contribution in [3.8, 4) is 22.9 Å². The molecule has 12 heteroatoms. The van der Waals surface area contributed by atoms with Gasteiger partial charge in [-0.05, 0) is 120 Å². The van der Waals surface area contributed by atoms with Crippen LogP contribution in [-0.2, 0) is 5.41 Å². The minimum absolute atomic E-state index is 0.0685. The van der Waals surface area contributed by atoms with Crippen LogP contribution in [0.25, 0.3) is 11.1 Å².